The van der Waals surface area contributed by atoms with Crippen LogP contribution < -0.4 is 10.6 Å². The molecule has 4 rings (SSSR count). The van der Waals surface area contributed by atoms with Crippen molar-refractivity contribution in [1.82, 2.24) is 15.0 Å². The first-order chi connectivity index (χ1) is 15.1. The lowest BCUT2D eigenvalue weighted by atomic mass is 10.0. The van der Waals surface area contributed by atoms with Crippen LogP contribution in [0.25, 0.3) is 0 Å². The molecule has 0 atom stereocenters. The first-order valence-electron chi connectivity index (χ1n) is 11.0. The SMILES string of the molecule is CC(C)Cc1ccc(Nc2ncc(C(=O)c3ccncc3NC3CCCC3)cn2)cc1. The van der Waals surface area contributed by atoms with E-state index in [1.54, 1.807) is 30.9 Å². The van der Waals surface area contributed by atoms with Crippen molar-refractivity contribution in [3.05, 3.63) is 71.8 Å². The van der Waals surface area contributed by atoms with Gasteiger partial charge in [-0.2, -0.15) is 0 Å². The second-order valence-corrected chi connectivity index (χ2v) is 8.59. The van der Waals surface area contributed by atoms with E-state index >= 15 is 0 Å². The number of nitrogens with one attached hydrogen (secondary N) is 2. The highest BCUT2D eigenvalue weighted by atomic mass is 16.1. The Hall–Kier alpha value is -3.28. The average Bonchev–Trinajstić information content (AvgIpc) is 3.28. The molecule has 2 aromatic heterocycles. The molecule has 0 spiro atoms. The van der Waals surface area contributed by atoms with Crippen molar-refractivity contribution in [1.29, 1.82) is 0 Å². The van der Waals surface area contributed by atoms with E-state index in [1.165, 1.54) is 18.4 Å². The topological polar surface area (TPSA) is 79.8 Å². The van der Waals surface area contributed by atoms with Crippen LogP contribution in [-0.4, -0.2) is 26.8 Å². The number of ketones is 1. The fourth-order valence-electron chi connectivity index (χ4n) is 3.99. The molecule has 0 bridgehead atoms. The van der Waals surface area contributed by atoms with Gasteiger partial charge in [0.2, 0.25) is 5.95 Å². The fraction of sp³-hybridized carbons (Fsp3) is 0.360. The molecule has 1 saturated carbocycles. The van der Waals surface area contributed by atoms with E-state index in [4.69, 9.17) is 0 Å². The van der Waals surface area contributed by atoms with Crippen LogP contribution in [0.1, 0.15) is 61.0 Å². The van der Waals surface area contributed by atoms with Crippen molar-refractivity contribution < 1.29 is 4.79 Å². The summed E-state index contributed by atoms with van der Waals surface area (Å²) in [5.74, 6) is 0.987. The van der Waals surface area contributed by atoms with Crippen LogP contribution in [-0.2, 0) is 6.42 Å². The number of pyridine rings is 1. The fourth-order valence-corrected chi connectivity index (χ4v) is 3.99. The quantitative estimate of drug-likeness (QED) is 0.480. The van der Waals surface area contributed by atoms with Crippen molar-refractivity contribution in [2.75, 3.05) is 10.6 Å². The third-order valence-corrected chi connectivity index (χ3v) is 5.55. The zero-order valence-electron chi connectivity index (χ0n) is 18.1. The van der Waals surface area contributed by atoms with Crippen molar-refractivity contribution in [2.45, 2.75) is 52.0 Å². The predicted molar refractivity (Wildman–Crippen MR) is 124 cm³/mol. The number of benzene rings is 1. The minimum atomic E-state index is -0.104. The Kier molecular flexibility index (Phi) is 6.55. The zero-order chi connectivity index (χ0) is 21.6. The lowest BCUT2D eigenvalue weighted by molar-refractivity contribution is 0.103. The molecular weight excluding hydrogens is 386 g/mol. The third-order valence-electron chi connectivity index (χ3n) is 5.55. The maximum absolute atomic E-state index is 13.1. The zero-order valence-corrected chi connectivity index (χ0v) is 18.1. The molecule has 1 fully saturated rings. The van der Waals surface area contributed by atoms with E-state index in [9.17, 15) is 4.79 Å². The van der Waals surface area contributed by atoms with Gasteiger partial charge in [-0.25, -0.2) is 9.97 Å². The highest BCUT2D eigenvalue weighted by molar-refractivity contribution is 6.12. The molecule has 0 amide bonds. The molecule has 0 radical (unpaired) electrons. The number of carbonyl (C=O) groups excluding carboxylic acids is 1. The van der Waals surface area contributed by atoms with E-state index in [0.717, 1.165) is 30.6 Å². The third kappa shape index (κ3) is 5.45. The van der Waals surface area contributed by atoms with Gasteiger partial charge >= 0.3 is 0 Å². The van der Waals surface area contributed by atoms with Crippen LogP contribution in [0.5, 0.6) is 0 Å². The summed E-state index contributed by atoms with van der Waals surface area (Å²) >= 11 is 0. The Morgan fingerprint density at radius 3 is 2.42 bits per heavy atom. The lowest BCUT2D eigenvalue weighted by Crippen LogP contribution is -2.17. The molecule has 6 nitrogen and oxygen atoms in total. The summed E-state index contributed by atoms with van der Waals surface area (Å²) in [5.41, 5.74) is 4.07. The molecule has 3 aromatic rings. The normalized spacial score (nSPS) is 14.0. The number of hydrogen-bond donors (Lipinski definition) is 2. The van der Waals surface area contributed by atoms with Gasteiger partial charge in [-0.15, -0.1) is 0 Å². The summed E-state index contributed by atoms with van der Waals surface area (Å²) in [7, 11) is 0. The molecule has 0 aliphatic heterocycles. The summed E-state index contributed by atoms with van der Waals surface area (Å²) in [6.07, 6.45) is 12.3. The number of nitrogens with zero attached hydrogens (tertiary/aromatic N) is 3. The van der Waals surface area contributed by atoms with Gasteiger partial charge in [0, 0.05) is 35.9 Å². The average molecular weight is 416 g/mol. The molecule has 2 N–H and O–H groups in total. The van der Waals surface area contributed by atoms with Crippen LogP contribution in [0.3, 0.4) is 0 Å². The first-order valence-corrected chi connectivity index (χ1v) is 11.0. The van der Waals surface area contributed by atoms with Gasteiger partial charge < -0.3 is 10.6 Å². The Bertz CT molecular complexity index is 1010. The maximum Gasteiger partial charge on any atom is 0.227 e. The Labute approximate surface area is 183 Å². The van der Waals surface area contributed by atoms with Gasteiger partial charge in [0.25, 0.3) is 0 Å². The molecule has 1 aliphatic rings. The maximum atomic E-state index is 13.1. The smallest absolute Gasteiger partial charge is 0.227 e. The largest absolute Gasteiger partial charge is 0.380 e. The van der Waals surface area contributed by atoms with Crippen molar-refractivity contribution in [3.8, 4) is 0 Å². The van der Waals surface area contributed by atoms with Crippen LogP contribution in [0.4, 0.5) is 17.3 Å². The van der Waals surface area contributed by atoms with Crippen LogP contribution in [0.2, 0.25) is 0 Å². The highest BCUT2D eigenvalue weighted by Gasteiger charge is 2.19. The van der Waals surface area contributed by atoms with Gasteiger partial charge in [-0.05, 0) is 48.9 Å². The van der Waals surface area contributed by atoms with Crippen molar-refractivity contribution >= 4 is 23.1 Å². The minimum Gasteiger partial charge on any atom is -0.380 e. The van der Waals surface area contributed by atoms with E-state index in [1.807, 2.05) is 12.1 Å². The van der Waals surface area contributed by atoms with E-state index in [2.05, 4.69) is 51.6 Å². The van der Waals surface area contributed by atoms with Crippen molar-refractivity contribution in [3.63, 3.8) is 0 Å². The van der Waals surface area contributed by atoms with Gasteiger partial charge in [0.1, 0.15) is 0 Å². The Morgan fingerprint density at radius 2 is 1.74 bits per heavy atom. The second-order valence-electron chi connectivity index (χ2n) is 8.59. The van der Waals surface area contributed by atoms with Crippen LogP contribution in [0.15, 0.2) is 55.1 Å². The molecule has 0 saturated heterocycles. The van der Waals surface area contributed by atoms with Gasteiger partial charge in [0.15, 0.2) is 5.78 Å². The predicted octanol–water partition coefficient (Wildman–Crippen LogP) is 5.40. The van der Waals surface area contributed by atoms with Gasteiger partial charge in [0.05, 0.1) is 17.4 Å². The summed E-state index contributed by atoms with van der Waals surface area (Å²) in [6.45, 7) is 4.42. The molecular formula is C25H29N5O. The number of hydrogen-bond acceptors (Lipinski definition) is 6. The molecule has 2 heterocycles. The molecule has 6 heteroatoms. The molecule has 1 aromatic carbocycles. The van der Waals surface area contributed by atoms with Crippen LogP contribution in [0, 0.1) is 5.92 Å². The van der Waals surface area contributed by atoms with Crippen molar-refractivity contribution in [2.24, 2.45) is 5.92 Å². The number of carbonyl (C=O) groups is 1. The van der Waals surface area contributed by atoms with Gasteiger partial charge in [-0.1, -0.05) is 38.8 Å². The highest BCUT2D eigenvalue weighted by Crippen LogP contribution is 2.25. The van der Waals surface area contributed by atoms with Crippen LogP contribution >= 0.6 is 0 Å². The summed E-state index contributed by atoms with van der Waals surface area (Å²) in [4.78, 5) is 25.9. The lowest BCUT2D eigenvalue weighted by Gasteiger charge is -2.16. The molecule has 31 heavy (non-hydrogen) atoms. The van der Waals surface area contributed by atoms with E-state index < -0.39 is 0 Å². The summed E-state index contributed by atoms with van der Waals surface area (Å²) in [5, 5.41) is 6.68. The molecule has 1 aliphatic carbocycles. The second kappa shape index (κ2) is 9.69. The van der Waals surface area contributed by atoms with E-state index in [0.29, 0.717) is 29.0 Å². The Morgan fingerprint density at radius 1 is 1.03 bits per heavy atom. The number of rotatable bonds is 8. The minimum absolute atomic E-state index is 0.104. The standard InChI is InChI=1S/C25H29N5O/c1-17(2)13-18-7-9-21(10-8-18)30-25-27-14-19(15-28-25)24(31)22-11-12-26-16-23(22)29-20-5-3-4-6-20/h7-12,14-17,20,29H,3-6,13H2,1-2H3,(H,27,28,30). The van der Waals surface area contributed by atoms with Gasteiger partial charge in [-0.3, -0.25) is 9.78 Å². The summed E-state index contributed by atoms with van der Waals surface area (Å²) < 4.78 is 0. The Balaban J connectivity index is 1.44. The van der Waals surface area contributed by atoms with E-state index in [-0.39, 0.29) is 5.78 Å². The first kappa shape index (κ1) is 21.0. The monoisotopic (exact) mass is 415 g/mol. The summed E-state index contributed by atoms with van der Waals surface area (Å²) in [6, 6.07) is 10.4. The number of aromatic nitrogens is 3. The molecule has 0 unspecified atom stereocenters. The molecule has 160 valence electrons. The number of anilines is 3.